The maximum Gasteiger partial charge on any atom is 0.151 e. The molecule has 3 rings (SSSR count). The van der Waals surface area contributed by atoms with E-state index in [2.05, 4.69) is 44.2 Å². The number of hydrogen-bond donors (Lipinski definition) is 2. The van der Waals surface area contributed by atoms with E-state index in [9.17, 15) is 4.39 Å². The van der Waals surface area contributed by atoms with Crippen molar-refractivity contribution < 1.29 is 4.39 Å². The van der Waals surface area contributed by atoms with Crippen molar-refractivity contribution in [2.75, 3.05) is 23.4 Å². The second kappa shape index (κ2) is 7.08. The van der Waals surface area contributed by atoms with E-state index < -0.39 is 0 Å². The van der Waals surface area contributed by atoms with Gasteiger partial charge in [-0.15, -0.1) is 0 Å². The van der Waals surface area contributed by atoms with Gasteiger partial charge in [-0.2, -0.15) is 5.10 Å². The van der Waals surface area contributed by atoms with Crippen molar-refractivity contribution in [2.24, 2.45) is 5.10 Å². The molecule has 0 saturated carbocycles. The molecule has 0 amide bonds. The molecule has 0 bridgehead atoms. The predicted octanol–water partition coefficient (Wildman–Crippen LogP) is 3.39. The van der Waals surface area contributed by atoms with E-state index in [0.717, 1.165) is 35.4 Å². The number of rotatable bonds is 6. The van der Waals surface area contributed by atoms with Crippen LogP contribution in [0, 0.1) is 5.82 Å². The predicted molar refractivity (Wildman–Crippen MR) is 95.1 cm³/mol. The summed E-state index contributed by atoms with van der Waals surface area (Å²) in [5, 5.41) is 5.12. The van der Waals surface area contributed by atoms with Gasteiger partial charge in [0.1, 0.15) is 18.0 Å². The average molecular weight is 326 g/mol. The van der Waals surface area contributed by atoms with Crippen molar-refractivity contribution in [1.29, 1.82) is 0 Å². The lowest BCUT2D eigenvalue weighted by Gasteiger charge is -2.19. The quantitative estimate of drug-likeness (QED) is 0.538. The molecule has 2 N–H and O–H groups in total. The van der Waals surface area contributed by atoms with Gasteiger partial charge < -0.3 is 9.88 Å². The van der Waals surface area contributed by atoms with Crippen LogP contribution in [0.5, 0.6) is 0 Å². The van der Waals surface area contributed by atoms with Crippen LogP contribution in [-0.2, 0) is 0 Å². The number of hydrazone groups is 1. The Hall–Kier alpha value is -2.96. The second-order valence-corrected chi connectivity index (χ2v) is 5.24. The lowest BCUT2D eigenvalue weighted by Crippen LogP contribution is -2.23. The van der Waals surface area contributed by atoms with E-state index in [-0.39, 0.29) is 5.82 Å². The first kappa shape index (κ1) is 15.9. The van der Waals surface area contributed by atoms with Crippen molar-refractivity contribution in [3.05, 3.63) is 48.2 Å². The van der Waals surface area contributed by atoms with Gasteiger partial charge in [0, 0.05) is 41.8 Å². The van der Waals surface area contributed by atoms with Crippen LogP contribution in [0.2, 0.25) is 0 Å². The molecule has 0 aliphatic carbocycles. The molecule has 124 valence electrons. The smallest absolute Gasteiger partial charge is 0.151 e. The first-order valence-corrected chi connectivity index (χ1v) is 7.84. The molecule has 3 aromatic rings. The van der Waals surface area contributed by atoms with Gasteiger partial charge in [0.2, 0.25) is 0 Å². The van der Waals surface area contributed by atoms with Crippen LogP contribution in [0.3, 0.4) is 0 Å². The highest BCUT2D eigenvalue weighted by molar-refractivity contribution is 5.99. The number of anilines is 2. The Kier molecular flexibility index (Phi) is 4.69. The number of aromatic amines is 1. The summed E-state index contributed by atoms with van der Waals surface area (Å²) >= 11 is 0. The lowest BCUT2D eigenvalue weighted by molar-refractivity contribution is 0.629. The summed E-state index contributed by atoms with van der Waals surface area (Å²) in [6.45, 7) is 5.91. The summed E-state index contributed by atoms with van der Waals surface area (Å²) in [4.78, 5) is 13.6. The molecule has 0 spiro atoms. The number of halogens is 1. The van der Waals surface area contributed by atoms with Crippen LogP contribution in [0.4, 0.5) is 16.0 Å². The van der Waals surface area contributed by atoms with E-state index in [1.807, 2.05) is 6.07 Å². The fourth-order valence-electron chi connectivity index (χ4n) is 2.52. The van der Waals surface area contributed by atoms with Crippen LogP contribution in [0.15, 0.2) is 41.9 Å². The zero-order valence-corrected chi connectivity index (χ0v) is 13.6. The van der Waals surface area contributed by atoms with Gasteiger partial charge in [0.25, 0.3) is 0 Å². The highest BCUT2D eigenvalue weighted by Gasteiger charge is 2.05. The van der Waals surface area contributed by atoms with E-state index >= 15 is 0 Å². The molecule has 1 aromatic carbocycles. The summed E-state index contributed by atoms with van der Waals surface area (Å²) < 4.78 is 13.2. The minimum atomic E-state index is -0.268. The molecule has 2 aromatic heterocycles. The molecule has 6 nitrogen and oxygen atoms in total. The maximum atomic E-state index is 13.2. The molecule has 0 radical (unpaired) electrons. The first-order valence-electron chi connectivity index (χ1n) is 7.84. The molecule has 0 aliphatic heterocycles. The topological polar surface area (TPSA) is 69.2 Å². The summed E-state index contributed by atoms with van der Waals surface area (Å²) in [6, 6.07) is 6.48. The number of hydrogen-bond acceptors (Lipinski definition) is 5. The highest BCUT2D eigenvalue weighted by Crippen LogP contribution is 2.18. The molecule has 24 heavy (non-hydrogen) atoms. The Morgan fingerprint density at radius 2 is 2.08 bits per heavy atom. The molecule has 0 fully saturated rings. The third-order valence-corrected chi connectivity index (χ3v) is 3.80. The van der Waals surface area contributed by atoms with E-state index in [1.54, 1.807) is 18.5 Å². The minimum absolute atomic E-state index is 0.268. The number of nitrogens with zero attached hydrogens (tertiary/aromatic N) is 4. The van der Waals surface area contributed by atoms with Crippen molar-refractivity contribution in [3.63, 3.8) is 0 Å². The largest absolute Gasteiger partial charge is 0.360 e. The maximum absolute atomic E-state index is 13.2. The van der Waals surface area contributed by atoms with Gasteiger partial charge >= 0.3 is 0 Å². The number of fused-ring (bicyclic) bond motifs is 1. The van der Waals surface area contributed by atoms with Gasteiger partial charge in [-0.25, -0.2) is 14.4 Å². The van der Waals surface area contributed by atoms with Crippen LogP contribution >= 0.6 is 0 Å². The van der Waals surface area contributed by atoms with Crippen LogP contribution in [0.25, 0.3) is 10.9 Å². The Morgan fingerprint density at radius 3 is 2.88 bits per heavy atom. The van der Waals surface area contributed by atoms with Crippen LogP contribution in [-0.4, -0.2) is 34.3 Å². The van der Waals surface area contributed by atoms with Crippen molar-refractivity contribution in [2.45, 2.75) is 13.8 Å². The number of benzene rings is 1. The lowest BCUT2D eigenvalue weighted by atomic mass is 10.2. The second-order valence-electron chi connectivity index (χ2n) is 5.24. The monoisotopic (exact) mass is 326 g/mol. The fourth-order valence-corrected chi connectivity index (χ4v) is 2.52. The third-order valence-electron chi connectivity index (χ3n) is 3.80. The third kappa shape index (κ3) is 3.34. The van der Waals surface area contributed by atoms with Gasteiger partial charge in [0.05, 0.1) is 6.21 Å². The Morgan fingerprint density at radius 1 is 1.25 bits per heavy atom. The zero-order chi connectivity index (χ0) is 16.9. The SMILES string of the molecule is CCN(CC)c1cc(N/N=C/c2c[nH]c3cc(F)ccc23)ncn1. The molecule has 0 saturated heterocycles. The number of nitrogens with one attached hydrogen (secondary N) is 2. The summed E-state index contributed by atoms with van der Waals surface area (Å²) in [5.41, 5.74) is 4.52. The van der Waals surface area contributed by atoms with Gasteiger partial charge in [-0.3, -0.25) is 5.43 Å². The fraction of sp³-hybridized carbons (Fsp3) is 0.235. The van der Waals surface area contributed by atoms with Crippen LogP contribution in [0.1, 0.15) is 19.4 Å². The van der Waals surface area contributed by atoms with Gasteiger partial charge in [-0.05, 0) is 32.0 Å². The molecule has 0 aliphatic rings. The van der Waals surface area contributed by atoms with Crippen molar-refractivity contribution in [3.8, 4) is 0 Å². The van der Waals surface area contributed by atoms with Gasteiger partial charge in [-0.1, -0.05) is 0 Å². The molecular weight excluding hydrogens is 307 g/mol. The Bertz CT molecular complexity index is 853. The summed E-state index contributed by atoms with van der Waals surface area (Å²) in [5.74, 6) is 1.21. The molecular formula is C17H19FN6. The normalized spacial score (nSPS) is 11.3. The number of H-pyrrole nitrogens is 1. The standard InChI is InChI=1S/C17H19FN6/c1-3-24(4-2)17-8-16(20-11-21-17)23-22-10-12-9-19-15-7-13(18)5-6-14(12)15/h5-11,19H,3-4H2,1-2H3,(H,20,21,23)/b22-10+. The molecule has 0 unspecified atom stereocenters. The Labute approximate surface area is 139 Å². The first-order chi connectivity index (χ1) is 11.7. The van der Waals surface area contributed by atoms with Gasteiger partial charge in [0.15, 0.2) is 5.82 Å². The van der Waals surface area contributed by atoms with Crippen molar-refractivity contribution >= 4 is 28.8 Å². The molecule has 0 atom stereocenters. The minimum Gasteiger partial charge on any atom is -0.360 e. The number of aromatic nitrogens is 3. The Balaban J connectivity index is 1.75. The summed E-state index contributed by atoms with van der Waals surface area (Å²) in [6.07, 6.45) is 4.98. The van der Waals surface area contributed by atoms with Crippen molar-refractivity contribution in [1.82, 2.24) is 15.0 Å². The van der Waals surface area contributed by atoms with E-state index in [4.69, 9.17) is 0 Å². The summed E-state index contributed by atoms with van der Waals surface area (Å²) in [7, 11) is 0. The zero-order valence-electron chi connectivity index (χ0n) is 13.6. The molecule has 2 heterocycles. The van der Waals surface area contributed by atoms with E-state index in [0.29, 0.717) is 5.82 Å². The molecule has 7 heteroatoms. The van der Waals surface area contributed by atoms with Crippen LogP contribution < -0.4 is 10.3 Å². The van der Waals surface area contributed by atoms with E-state index in [1.165, 1.54) is 18.5 Å². The average Bonchev–Trinajstić information content (AvgIpc) is 2.99. The highest BCUT2D eigenvalue weighted by atomic mass is 19.1.